The van der Waals surface area contributed by atoms with Crippen molar-refractivity contribution in [3.63, 3.8) is 0 Å². The number of aromatic nitrogens is 2. The molecule has 1 atom stereocenters. The topological polar surface area (TPSA) is 29.9 Å². The van der Waals surface area contributed by atoms with E-state index in [9.17, 15) is 0 Å². The maximum absolute atomic E-state index is 4.26. The van der Waals surface area contributed by atoms with Gasteiger partial charge in [-0.15, -0.1) is 0 Å². The molecule has 0 fully saturated rings. The van der Waals surface area contributed by atoms with Gasteiger partial charge >= 0.3 is 0 Å². The molecule has 1 unspecified atom stereocenters. The van der Waals surface area contributed by atoms with Crippen molar-refractivity contribution in [1.82, 2.24) is 15.1 Å². The normalized spacial score (nSPS) is 12.8. The molecule has 0 saturated heterocycles. The molecule has 1 heterocycles. The van der Waals surface area contributed by atoms with Gasteiger partial charge in [0.1, 0.15) is 0 Å². The van der Waals surface area contributed by atoms with Crippen molar-refractivity contribution in [2.24, 2.45) is 7.05 Å². The summed E-state index contributed by atoms with van der Waals surface area (Å²) in [5.41, 5.74) is 1.35. The van der Waals surface area contributed by atoms with Crippen LogP contribution in [0.4, 0.5) is 0 Å². The van der Waals surface area contributed by atoms with Gasteiger partial charge in [-0.25, -0.2) is 0 Å². The number of likely N-dealkylation sites (N-methyl/N-ethyl adjacent to an activating group) is 1. The van der Waals surface area contributed by atoms with Gasteiger partial charge in [0, 0.05) is 19.3 Å². The van der Waals surface area contributed by atoms with E-state index in [4.69, 9.17) is 0 Å². The highest BCUT2D eigenvalue weighted by Gasteiger charge is 2.09. The van der Waals surface area contributed by atoms with E-state index >= 15 is 0 Å². The van der Waals surface area contributed by atoms with E-state index in [0.29, 0.717) is 6.04 Å². The maximum atomic E-state index is 4.26. The summed E-state index contributed by atoms with van der Waals surface area (Å²) in [6, 6.07) is 0.611. The van der Waals surface area contributed by atoms with Gasteiger partial charge in [0.05, 0.1) is 6.20 Å². The van der Waals surface area contributed by atoms with Gasteiger partial charge in [0.2, 0.25) is 0 Å². The molecule has 0 aromatic carbocycles. The summed E-state index contributed by atoms with van der Waals surface area (Å²) in [5.74, 6) is 0. The summed E-state index contributed by atoms with van der Waals surface area (Å²) in [4.78, 5) is 0. The lowest BCUT2D eigenvalue weighted by Gasteiger charge is -2.17. The van der Waals surface area contributed by atoms with Crippen molar-refractivity contribution in [2.75, 3.05) is 6.54 Å². The van der Waals surface area contributed by atoms with Crippen molar-refractivity contribution in [2.45, 2.75) is 77.7 Å². The van der Waals surface area contributed by atoms with Crippen LogP contribution in [0.5, 0.6) is 0 Å². The Labute approximate surface area is 125 Å². The van der Waals surface area contributed by atoms with Crippen LogP contribution in [-0.2, 0) is 13.5 Å². The second-order valence-electron chi connectivity index (χ2n) is 5.89. The van der Waals surface area contributed by atoms with Crippen LogP contribution in [0, 0.1) is 0 Å². The summed E-state index contributed by atoms with van der Waals surface area (Å²) in [7, 11) is 1.99. The van der Waals surface area contributed by atoms with Crippen molar-refractivity contribution in [3.05, 3.63) is 18.0 Å². The summed E-state index contributed by atoms with van der Waals surface area (Å²) < 4.78 is 1.89. The lowest BCUT2D eigenvalue weighted by molar-refractivity contribution is 0.459. The van der Waals surface area contributed by atoms with Gasteiger partial charge in [-0.1, -0.05) is 58.8 Å². The second-order valence-corrected chi connectivity index (χ2v) is 5.89. The summed E-state index contributed by atoms with van der Waals surface area (Å²) >= 11 is 0. The molecule has 20 heavy (non-hydrogen) atoms. The van der Waals surface area contributed by atoms with Gasteiger partial charge < -0.3 is 5.32 Å². The molecule has 3 nitrogen and oxygen atoms in total. The van der Waals surface area contributed by atoms with Crippen molar-refractivity contribution in [3.8, 4) is 0 Å². The lowest BCUT2D eigenvalue weighted by Crippen LogP contribution is -2.30. The zero-order chi connectivity index (χ0) is 14.6. The zero-order valence-corrected chi connectivity index (χ0v) is 13.7. The number of hydrogen-bond acceptors (Lipinski definition) is 2. The highest BCUT2D eigenvalue weighted by atomic mass is 15.2. The van der Waals surface area contributed by atoms with E-state index in [0.717, 1.165) is 13.0 Å². The number of aryl methyl sites for hydroxylation is 1. The third kappa shape index (κ3) is 7.68. The first-order valence-corrected chi connectivity index (χ1v) is 8.47. The summed E-state index contributed by atoms with van der Waals surface area (Å²) in [5, 5.41) is 7.87. The molecule has 0 aliphatic heterocycles. The molecule has 0 bridgehead atoms. The third-order valence-electron chi connectivity index (χ3n) is 3.89. The van der Waals surface area contributed by atoms with E-state index in [-0.39, 0.29) is 0 Å². The molecular weight excluding hydrogens is 246 g/mol. The fourth-order valence-corrected chi connectivity index (χ4v) is 2.77. The number of nitrogens with zero attached hydrogens (tertiary/aromatic N) is 2. The van der Waals surface area contributed by atoms with Crippen LogP contribution in [0.2, 0.25) is 0 Å². The average molecular weight is 279 g/mol. The molecule has 0 aliphatic rings. The van der Waals surface area contributed by atoms with Crippen LogP contribution >= 0.6 is 0 Å². The molecule has 1 aromatic rings. The Morgan fingerprint density at radius 2 is 1.80 bits per heavy atom. The predicted molar refractivity (Wildman–Crippen MR) is 87.0 cm³/mol. The van der Waals surface area contributed by atoms with Crippen molar-refractivity contribution >= 4 is 0 Å². The van der Waals surface area contributed by atoms with E-state index in [2.05, 4.69) is 30.5 Å². The first-order valence-electron chi connectivity index (χ1n) is 8.47. The summed E-state index contributed by atoms with van der Waals surface area (Å²) in [6.45, 7) is 5.53. The van der Waals surface area contributed by atoms with E-state index in [1.807, 2.05) is 17.9 Å². The highest BCUT2D eigenvalue weighted by molar-refractivity contribution is 5.05. The molecule has 0 aliphatic carbocycles. The number of hydrogen-bond donors (Lipinski definition) is 1. The fraction of sp³-hybridized carbons (Fsp3) is 0.824. The lowest BCUT2D eigenvalue weighted by atomic mass is 10.0. The van der Waals surface area contributed by atoms with Crippen LogP contribution < -0.4 is 5.32 Å². The zero-order valence-electron chi connectivity index (χ0n) is 13.7. The molecular formula is C17H33N3. The molecule has 1 rings (SSSR count). The van der Waals surface area contributed by atoms with E-state index < -0.39 is 0 Å². The van der Waals surface area contributed by atoms with Gasteiger partial charge in [0.25, 0.3) is 0 Å². The third-order valence-corrected chi connectivity index (χ3v) is 3.89. The Kier molecular flexibility index (Phi) is 9.38. The minimum Gasteiger partial charge on any atom is -0.314 e. The Bertz CT molecular complexity index is 333. The number of rotatable bonds is 12. The van der Waals surface area contributed by atoms with Crippen LogP contribution in [0.3, 0.4) is 0 Å². The van der Waals surface area contributed by atoms with Gasteiger partial charge in [-0.2, -0.15) is 5.10 Å². The van der Waals surface area contributed by atoms with Gasteiger partial charge in [-0.05, 0) is 24.9 Å². The van der Waals surface area contributed by atoms with E-state index in [1.165, 1.54) is 56.9 Å². The number of nitrogens with one attached hydrogen (secondary N) is 1. The minimum atomic E-state index is 0.611. The molecule has 116 valence electrons. The first-order chi connectivity index (χ1) is 9.76. The second kappa shape index (κ2) is 10.9. The molecule has 0 amide bonds. The van der Waals surface area contributed by atoms with Crippen LogP contribution in [-0.4, -0.2) is 22.4 Å². The standard InChI is InChI=1S/C17H33N3/c1-4-6-7-8-9-10-11-12-17(18-5-2)13-16-14-19-20(3)15-16/h14-15,17-18H,4-13H2,1-3H3. The monoisotopic (exact) mass is 279 g/mol. The Morgan fingerprint density at radius 3 is 2.40 bits per heavy atom. The minimum absolute atomic E-state index is 0.611. The number of unbranched alkanes of at least 4 members (excludes halogenated alkanes) is 6. The fourth-order valence-electron chi connectivity index (χ4n) is 2.77. The Balaban J connectivity index is 2.15. The molecule has 0 radical (unpaired) electrons. The first kappa shape index (κ1) is 17.2. The van der Waals surface area contributed by atoms with Crippen LogP contribution in [0.1, 0.15) is 70.8 Å². The smallest absolute Gasteiger partial charge is 0.0522 e. The maximum Gasteiger partial charge on any atom is 0.0522 e. The Morgan fingerprint density at radius 1 is 1.10 bits per heavy atom. The Hall–Kier alpha value is -0.830. The molecule has 1 N–H and O–H groups in total. The van der Waals surface area contributed by atoms with Crippen LogP contribution in [0.25, 0.3) is 0 Å². The van der Waals surface area contributed by atoms with Crippen molar-refractivity contribution < 1.29 is 0 Å². The highest BCUT2D eigenvalue weighted by Crippen LogP contribution is 2.12. The quantitative estimate of drug-likeness (QED) is 0.584. The largest absolute Gasteiger partial charge is 0.314 e. The van der Waals surface area contributed by atoms with Crippen LogP contribution in [0.15, 0.2) is 12.4 Å². The average Bonchev–Trinajstić information content (AvgIpc) is 2.83. The van der Waals surface area contributed by atoms with E-state index in [1.54, 1.807) is 0 Å². The molecule has 1 aromatic heterocycles. The van der Waals surface area contributed by atoms with Crippen molar-refractivity contribution in [1.29, 1.82) is 0 Å². The molecule has 0 saturated carbocycles. The predicted octanol–water partition coefficient (Wildman–Crippen LogP) is 4.08. The SMILES string of the molecule is CCCCCCCCCC(Cc1cnn(C)c1)NCC. The summed E-state index contributed by atoms with van der Waals surface area (Å²) in [6.07, 6.45) is 16.3. The molecule has 0 spiro atoms. The molecule has 3 heteroatoms. The van der Waals surface area contributed by atoms with Gasteiger partial charge in [-0.3, -0.25) is 4.68 Å². The van der Waals surface area contributed by atoms with Gasteiger partial charge in [0.15, 0.2) is 0 Å².